The van der Waals surface area contributed by atoms with Crippen molar-refractivity contribution in [3.05, 3.63) is 58.4 Å². The molecule has 21 heavy (non-hydrogen) atoms. The molecule has 1 unspecified atom stereocenters. The Morgan fingerprint density at radius 2 is 2.14 bits per heavy atom. The van der Waals surface area contributed by atoms with Crippen LogP contribution in [-0.4, -0.2) is 18.6 Å². The second-order valence-corrected chi connectivity index (χ2v) is 5.39. The Labute approximate surface area is 131 Å². The van der Waals surface area contributed by atoms with Gasteiger partial charge in [-0.3, -0.25) is 4.98 Å². The minimum Gasteiger partial charge on any atom is -0.497 e. The molecule has 1 N–H and O–H groups in total. The summed E-state index contributed by atoms with van der Waals surface area (Å²) in [5.74, 6) is 0.859. The number of rotatable bonds is 6. The van der Waals surface area contributed by atoms with E-state index in [0.717, 1.165) is 30.0 Å². The molecule has 0 saturated carbocycles. The van der Waals surface area contributed by atoms with E-state index in [9.17, 15) is 0 Å². The molecule has 1 aromatic carbocycles. The smallest absolute Gasteiger partial charge is 0.119 e. The van der Waals surface area contributed by atoms with Gasteiger partial charge in [-0.25, -0.2) is 0 Å². The molecule has 0 fully saturated rings. The van der Waals surface area contributed by atoms with E-state index in [-0.39, 0.29) is 6.04 Å². The molecular weight excluding hydrogens is 284 g/mol. The molecule has 0 bridgehead atoms. The van der Waals surface area contributed by atoms with E-state index >= 15 is 0 Å². The van der Waals surface area contributed by atoms with Crippen LogP contribution in [0, 0.1) is 6.92 Å². The van der Waals surface area contributed by atoms with Crippen molar-refractivity contribution < 1.29 is 4.74 Å². The molecule has 0 aliphatic heterocycles. The van der Waals surface area contributed by atoms with Crippen molar-refractivity contribution in [3.63, 3.8) is 0 Å². The largest absolute Gasteiger partial charge is 0.497 e. The first-order valence-electron chi connectivity index (χ1n) is 7.15. The third-order valence-electron chi connectivity index (χ3n) is 3.45. The fourth-order valence-corrected chi connectivity index (χ4v) is 2.58. The van der Waals surface area contributed by atoms with Gasteiger partial charge in [-0.2, -0.15) is 0 Å². The van der Waals surface area contributed by atoms with Crippen LogP contribution in [0.3, 0.4) is 0 Å². The highest BCUT2D eigenvalue weighted by Gasteiger charge is 2.19. The Morgan fingerprint density at radius 3 is 2.76 bits per heavy atom. The van der Waals surface area contributed by atoms with Crippen LogP contribution in [0.4, 0.5) is 0 Å². The van der Waals surface area contributed by atoms with Crippen LogP contribution in [-0.2, 0) is 0 Å². The number of pyridine rings is 1. The highest BCUT2D eigenvalue weighted by molar-refractivity contribution is 6.31. The SMILES string of the molecule is CCCNC(c1ccc(OC)cc1C)c1ncccc1Cl. The lowest BCUT2D eigenvalue weighted by molar-refractivity contribution is 0.414. The number of methoxy groups -OCH3 is 1. The maximum atomic E-state index is 6.33. The third kappa shape index (κ3) is 3.74. The van der Waals surface area contributed by atoms with Crippen LogP contribution in [0.2, 0.25) is 5.02 Å². The average molecular weight is 305 g/mol. The molecule has 0 spiro atoms. The second kappa shape index (κ2) is 7.43. The molecule has 1 atom stereocenters. The van der Waals surface area contributed by atoms with E-state index in [1.807, 2.05) is 24.3 Å². The lowest BCUT2D eigenvalue weighted by Crippen LogP contribution is -2.25. The Balaban J connectivity index is 2.43. The summed E-state index contributed by atoms with van der Waals surface area (Å²) in [6.45, 7) is 5.13. The fourth-order valence-electron chi connectivity index (χ4n) is 2.35. The summed E-state index contributed by atoms with van der Waals surface area (Å²) in [5.41, 5.74) is 3.19. The molecule has 4 heteroatoms. The molecular formula is C17H21ClN2O. The zero-order valence-electron chi connectivity index (χ0n) is 12.7. The van der Waals surface area contributed by atoms with E-state index in [0.29, 0.717) is 5.02 Å². The number of hydrogen-bond acceptors (Lipinski definition) is 3. The normalized spacial score (nSPS) is 12.2. The number of aromatic nitrogens is 1. The lowest BCUT2D eigenvalue weighted by Gasteiger charge is -2.21. The van der Waals surface area contributed by atoms with Gasteiger partial charge in [0.2, 0.25) is 0 Å². The number of benzene rings is 1. The minimum atomic E-state index is -0.00967. The summed E-state index contributed by atoms with van der Waals surface area (Å²) in [5, 5.41) is 4.22. The average Bonchev–Trinajstić information content (AvgIpc) is 2.50. The van der Waals surface area contributed by atoms with Crippen LogP contribution in [0.5, 0.6) is 5.75 Å². The summed E-state index contributed by atoms with van der Waals surface area (Å²) < 4.78 is 5.28. The maximum Gasteiger partial charge on any atom is 0.119 e. The van der Waals surface area contributed by atoms with Crippen LogP contribution >= 0.6 is 11.6 Å². The van der Waals surface area contributed by atoms with E-state index in [1.54, 1.807) is 13.3 Å². The van der Waals surface area contributed by atoms with Crippen LogP contribution in [0.15, 0.2) is 36.5 Å². The molecule has 0 saturated heterocycles. The Bertz CT molecular complexity index is 601. The van der Waals surface area contributed by atoms with Gasteiger partial charge >= 0.3 is 0 Å². The number of hydrogen-bond donors (Lipinski definition) is 1. The number of ether oxygens (including phenoxy) is 1. The van der Waals surface area contributed by atoms with Crippen molar-refractivity contribution in [2.45, 2.75) is 26.3 Å². The minimum absolute atomic E-state index is 0.00967. The molecule has 0 radical (unpaired) electrons. The molecule has 3 nitrogen and oxygen atoms in total. The van der Waals surface area contributed by atoms with Gasteiger partial charge in [0.1, 0.15) is 5.75 Å². The monoisotopic (exact) mass is 304 g/mol. The topological polar surface area (TPSA) is 34.1 Å². The maximum absolute atomic E-state index is 6.33. The first kappa shape index (κ1) is 15.8. The summed E-state index contributed by atoms with van der Waals surface area (Å²) >= 11 is 6.33. The van der Waals surface area contributed by atoms with Crippen LogP contribution < -0.4 is 10.1 Å². The first-order chi connectivity index (χ1) is 10.2. The molecule has 0 amide bonds. The number of nitrogens with zero attached hydrogens (tertiary/aromatic N) is 1. The number of nitrogens with one attached hydrogen (secondary N) is 1. The number of halogens is 1. The van der Waals surface area contributed by atoms with Crippen molar-refractivity contribution in [1.82, 2.24) is 10.3 Å². The second-order valence-electron chi connectivity index (χ2n) is 4.98. The first-order valence-corrected chi connectivity index (χ1v) is 7.53. The highest BCUT2D eigenvalue weighted by atomic mass is 35.5. The van der Waals surface area contributed by atoms with Gasteiger partial charge in [-0.05, 0) is 55.3 Å². The van der Waals surface area contributed by atoms with Crippen molar-refractivity contribution in [1.29, 1.82) is 0 Å². The molecule has 2 aromatic rings. The summed E-state index contributed by atoms with van der Waals surface area (Å²) in [6.07, 6.45) is 2.83. The van der Waals surface area contributed by atoms with Gasteiger partial charge in [0.15, 0.2) is 0 Å². The summed E-state index contributed by atoms with van der Waals surface area (Å²) in [6, 6.07) is 9.80. The molecule has 0 aliphatic carbocycles. The van der Waals surface area contributed by atoms with Crippen molar-refractivity contribution in [3.8, 4) is 5.75 Å². The zero-order valence-corrected chi connectivity index (χ0v) is 13.4. The predicted octanol–water partition coefficient (Wildman–Crippen LogP) is 4.14. The van der Waals surface area contributed by atoms with Crippen LogP contribution in [0.25, 0.3) is 0 Å². The van der Waals surface area contributed by atoms with E-state index in [4.69, 9.17) is 16.3 Å². The Hall–Kier alpha value is -1.58. The quantitative estimate of drug-likeness (QED) is 0.871. The molecule has 112 valence electrons. The molecule has 1 aromatic heterocycles. The summed E-state index contributed by atoms with van der Waals surface area (Å²) in [7, 11) is 1.68. The molecule has 0 aliphatic rings. The van der Waals surface area contributed by atoms with Gasteiger partial charge in [0.05, 0.1) is 23.9 Å². The van der Waals surface area contributed by atoms with Crippen molar-refractivity contribution >= 4 is 11.6 Å². The van der Waals surface area contributed by atoms with Crippen molar-refractivity contribution in [2.75, 3.05) is 13.7 Å². The van der Waals surface area contributed by atoms with Crippen LogP contribution in [0.1, 0.15) is 36.2 Å². The predicted molar refractivity (Wildman–Crippen MR) is 87.1 cm³/mol. The van der Waals surface area contributed by atoms with E-state index < -0.39 is 0 Å². The van der Waals surface area contributed by atoms with Gasteiger partial charge in [0, 0.05) is 6.20 Å². The zero-order chi connectivity index (χ0) is 15.2. The van der Waals surface area contributed by atoms with E-state index in [2.05, 4.69) is 30.2 Å². The van der Waals surface area contributed by atoms with Gasteiger partial charge in [-0.1, -0.05) is 24.6 Å². The number of aryl methyl sites for hydroxylation is 1. The van der Waals surface area contributed by atoms with Gasteiger partial charge < -0.3 is 10.1 Å². The van der Waals surface area contributed by atoms with E-state index in [1.165, 1.54) is 5.56 Å². The lowest BCUT2D eigenvalue weighted by atomic mass is 9.97. The molecule has 1 heterocycles. The standard InChI is InChI=1S/C17H21ClN2O/c1-4-9-19-16(17-15(18)6-5-10-20-17)14-8-7-13(21-3)11-12(14)2/h5-8,10-11,16,19H,4,9H2,1-3H3. The van der Waals surface area contributed by atoms with Gasteiger partial charge in [-0.15, -0.1) is 0 Å². The Kier molecular flexibility index (Phi) is 5.59. The fraction of sp³-hybridized carbons (Fsp3) is 0.353. The van der Waals surface area contributed by atoms with Crippen molar-refractivity contribution in [2.24, 2.45) is 0 Å². The Morgan fingerprint density at radius 1 is 1.33 bits per heavy atom. The third-order valence-corrected chi connectivity index (χ3v) is 3.77. The summed E-state index contributed by atoms with van der Waals surface area (Å²) in [4.78, 5) is 4.47. The molecule has 2 rings (SSSR count). The van der Waals surface area contributed by atoms with Gasteiger partial charge in [0.25, 0.3) is 0 Å². The highest BCUT2D eigenvalue weighted by Crippen LogP contribution is 2.30.